The van der Waals surface area contributed by atoms with Crippen molar-refractivity contribution in [2.24, 2.45) is 0 Å². The number of halogens is 1. The van der Waals surface area contributed by atoms with Gasteiger partial charge in [0, 0.05) is 17.1 Å². The molecule has 1 aliphatic rings. The van der Waals surface area contributed by atoms with Crippen LogP contribution in [0.1, 0.15) is 26.7 Å². The summed E-state index contributed by atoms with van der Waals surface area (Å²) in [7, 11) is -3.76. The van der Waals surface area contributed by atoms with E-state index in [4.69, 9.17) is 0 Å². The van der Waals surface area contributed by atoms with Crippen LogP contribution in [0.5, 0.6) is 0 Å². The van der Waals surface area contributed by atoms with Gasteiger partial charge in [0.05, 0.1) is 4.90 Å². The average molecular weight is 389 g/mol. The summed E-state index contributed by atoms with van der Waals surface area (Å²) >= 11 is 3.28. The van der Waals surface area contributed by atoms with Crippen molar-refractivity contribution in [2.75, 3.05) is 13.1 Å². The average Bonchev–Trinajstić information content (AvgIpc) is 2.48. The molecule has 0 radical (unpaired) electrons. The second-order valence-corrected chi connectivity index (χ2v) is 9.40. The van der Waals surface area contributed by atoms with Gasteiger partial charge in [0.2, 0.25) is 5.91 Å². The molecule has 2 N–H and O–H groups in total. The van der Waals surface area contributed by atoms with Crippen LogP contribution in [0.25, 0.3) is 0 Å². The van der Waals surface area contributed by atoms with E-state index < -0.39 is 20.5 Å². The highest BCUT2D eigenvalue weighted by Crippen LogP contribution is 2.27. The van der Waals surface area contributed by atoms with Crippen LogP contribution >= 0.6 is 15.9 Å². The summed E-state index contributed by atoms with van der Waals surface area (Å²) in [6.07, 6.45) is 1.85. The van der Waals surface area contributed by atoms with Crippen molar-refractivity contribution >= 4 is 31.7 Å². The highest BCUT2D eigenvalue weighted by atomic mass is 79.9. The van der Waals surface area contributed by atoms with Crippen molar-refractivity contribution < 1.29 is 13.2 Å². The molecule has 1 aromatic rings. The Balaban J connectivity index is 2.19. The highest BCUT2D eigenvalue weighted by Gasteiger charge is 2.43. The Labute approximate surface area is 139 Å². The molecule has 1 unspecified atom stereocenters. The quantitative estimate of drug-likeness (QED) is 0.825. The van der Waals surface area contributed by atoms with E-state index in [2.05, 4.69) is 26.6 Å². The molecule has 1 aliphatic heterocycles. The molecular formula is C15H21BrN2O3S. The number of nitrogens with one attached hydrogen (secondary N) is 2. The van der Waals surface area contributed by atoms with Gasteiger partial charge >= 0.3 is 0 Å². The lowest BCUT2D eigenvalue weighted by atomic mass is 10.1. The number of carbonyl (C=O) groups is 1. The minimum Gasteiger partial charge on any atom is -0.351 e. The molecule has 122 valence electrons. The predicted molar refractivity (Wildman–Crippen MR) is 89.4 cm³/mol. The van der Waals surface area contributed by atoms with E-state index in [1.165, 1.54) is 26.0 Å². The van der Waals surface area contributed by atoms with E-state index in [-0.39, 0.29) is 10.9 Å². The van der Waals surface area contributed by atoms with Crippen LogP contribution in [-0.4, -0.2) is 38.2 Å². The SMILES string of the molecule is CC(C)(C(=O)NC1CCCNC1)S(=O)(=O)c1ccc(Br)cc1. The van der Waals surface area contributed by atoms with Gasteiger partial charge in [0.1, 0.15) is 4.75 Å². The molecule has 1 aromatic carbocycles. The van der Waals surface area contributed by atoms with Crippen LogP contribution in [0.2, 0.25) is 0 Å². The van der Waals surface area contributed by atoms with Crippen molar-refractivity contribution in [3.8, 4) is 0 Å². The van der Waals surface area contributed by atoms with Crippen LogP contribution in [0.4, 0.5) is 0 Å². The summed E-state index contributed by atoms with van der Waals surface area (Å²) in [5, 5.41) is 6.06. The Morgan fingerprint density at radius 3 is 2.50 bits per heavy atom. The molecule has 22 heavy (non-hydrogen) atoms. The largest absolute Gasteiger partial charge is 0.351 e. The molecule has 7 heteroatoms. The molecule has 0 spiro atoms. The highest BCUT2D eigenvalue weighted by molar-refractivity contribution is 9.10. The molecule has 0 bridgehead atoms. The van der Waals surface area contributed by atoms with Crippen molar-refractivity contribution in [1.82, 2.24) is 10.6 Å². The topological polar surface area (TPSA) is 75.3 Å². The summed E-state index contributed by atoms with van der Waals surface area (Å²) in [6.45, 7) is 4.53. The lowest BCUT2D eigenvalue weighted by Gasteiger charge is -2.29. The monoisotopic (exact) mass is 388 g/mol. The van der Waals surface area contributed by atoms with Crippen molar-refractivity contribution in [2.45, 2.75) is 42.4 Å². The molecule has 1 heterocycles. The number of hydrogen-bond acceptors (Lipinski definition) is 4. The van der Waals surface area contributed by atoms with Gasteiger partial charge in [-0.1, -0.05) is 15.9 Å². The van der Waals surface area contributed by atoms with E-state index in [9.17, 15) is 13.2 Å². The van der Waals surface area contributed by atoms with E-state index in [1.807, 2.05) is 0 Å². The van der Waals surface area contributed by atoms with Gasteiger partial charge in [0.15, 0.2) is 9.84 Å². The van der Waals surface area contributed by atoms with E-state index >= 15 is 0 Å². The van der Waals surface area contributed by atoms with Crippen LogP contribution in [0, 0.1) is 0 Å². The van der Waals surface area contributed by atoms with Gasteiger partial charge in [0.25, 0.3) is 0 Å². The molecule has 0 saturated carbocycles. The summed E-state index contributed by atoms with van der Waals surface area (Å²) in [5.41, 5.74) is 0. The Morgan fingerprint density at radius 1 is 1.32 bits per heavy atom. The first kappa shape index (κ1) is 17.4. The standard InChI is InChI=1S/C15H21BrN2O3S/c1-15(2,14(19)18-12-4-3-9-17-10-12)22(20,21)13-7-5-11(16)6-8-13/h5-8,12,17H,3-4,9-10H2,1-2H3,(H,18,19). The van der Waals surface area contributed by atoms with Gasteiger partial charge in [-0.15, -0.1) is 0 Å². The summed E-state index contributed by atoms with van der Waals surface area (Å²) in [4.78, 5) is 12.6. The lowest BCUT2D eigenvalue weighted by molar-refractivity contribution is -0.123. The molecule has 1 saturated heterocycles. The zero-order chi connectivity index (χ0) is 16.4. The maximum absolute atomic E-state index is 12.8. The van der Waals surface area contributed by atoms with Crippen LogP contribution in [-0.2, 0) is 14.6 Å². The predicted octanol–water partition coefficient (Wildman–Crippen LogP) is 1.87. The third kappa shape index (κ3) is 3.52. The molecule has 1 fully saturated rings. The van der Waals surface area contributed by atoms with E-state index in [1.54, 1.807) is 12.1 Å². The fraction of sp³-hybridized carbons (Fsp3) is 0.533. The Bertz CT molecular complexity index is 635. The smallest absolute Gasteiger partial charge is 0.241 e. The molecule has 5 nitrogen and oxygen atoms in total. The second kappa shape index (κ2) is 6.68. The Kier molecular flexibility index (Phi) is 5.29. The Morgan fingerprint density at radius 2 is 1.95 bits per heavy atom. The first-order valence-corrected chi connectivity index (χ1v) is 9.54. The number of rotatable bonds is 4. The van der Waals surface area contributed by atoms with Gasteiger partial charge in [-0.2, -0.15) is 0 Å². The number of benzene rings is 1. The van der Waals surface area contributed by atoms with Crippen LogP contribution < -0.4 is 10.6 Å². The lowest BCUT2D eigenvalue weighted by Crippen LogP contribution is -2.54. The molecule has 0 aromatic heterocycles. The number of amides is 1. The summed E-state index contributed by atoms with van der Waals surface area (Å²) in [5.74, 6) is -0.455. The first-order chi connectivity index (χ1) is 10.2. The number of piperidine rings is 1. The van der Waals surface area contributed by atoms with Crippen molar-refractivity contribution in [3.05, 3.63) is 28.7 Å². The third-order valence-electron chi connectivity index (χ3n) is 3.97. The first-order valence-electron chi connectivity index (χ1n) is 7.27. The summed E-state index contributed by atoms with van der Waals surface area (Å²) < 4.78 is 24.8. The summed E-state index contributed by atoms with van der Waals surface area (Å²) in [6, 6.07) is 6.33. The number of hydrogen-bond donors (Lipinski definition) is 2. The van der Waals surface area contributed by atoms with Gasteiger partial charge in [-0.3, -0.25) is 4.79 Å². The molecule has 0 aliphatic carbocycles. The fourth-order valence-corrected chi connectivity index (χ4v) is 4.02. The number of carbonyl (C=O) groups excluding carboxylic acids is 1. The second-order valence-electron chi connectivity index (χ2n) is 5.98. The van der Waals surface area contributed by atoms with Crippen molar-refractivity contribution in [3.63, 3.8) is 0 Å². The van der Waals surface area contributed by atoms with E-state index in [0.29, 0.717) is 6.54 Å². The normalized spacial score (nSPS) is 19.7. The zero-order valence-electron chi connectivity index (χ0n) is 12.7. The maximum Gasteiger partial charge on any atom is 0.241 e. The third-order valence-corrected chi connectivity index (χ3v) is 6.93. The fourth-order valence-electron chi connectivity index (χ4n) is 2.36. The molecule has 2 rings (SSSR count). The molecule has 1 atom stereocenters. The molecular weight excluding hydrogens is 368 g/mol. The van der Waals surface area contributed by atoms with Crippen molar-refractivity contribution in [1.29, 1.82) is 0 Å². The van der Waals surface area contributed by atoms with Crippen LogP contribution in [0.3, 0.4) is 0 Å². The zero-order valence-corrected chi connectivity index (χ0v) is 15.1. The maximum atomic E-state index is 12.8. The molecule has 1 amide bonds. The minimum absolute atomic E-state index is 0.0133. The van der Waals surface area contributed by atoms with Gasteiger partial charge in [-0.25, -0.2) is 8.42 Å². The van der Waals surface area contributed by atoms with Gasteiger partial charge < -0.3 is 10.6 Å². The number of sulfone groups is 1. The van der Waals surface area contributed by atoms with Crippen LogP contribution in [0.15, 0.2) is 33.6 Å². The van der Waals surface area contributed by atoms with E-state index in [0.717, 1.165) is 23.9 Å². The Hall–Kier alpha value is -0.920. The minimum atomic E-state index is -3.76. The van der Waals surface area contributed by atoms with Gasteiger partial charge in [-0.05, 0) is 57.5 Å².